The first-order valence-corrected chi connectivity index (χ1v) is 14.1. The molecule has 0 saturated heterocycles. The van der Waals surface area contributed by atoms with Crippen LogP contribution in [-0.2, 0) is 32.0 Å². The van der Waals surface area contributed by atoms with E-state index in [0.29, 0.717) is 12.0 Å². The van der Waals surface area contributed by atoms with Gasteiger partial charge in [-0.1, -0.05) is 58.0 Å². The second kappa shape index (κ2) is 14.5. The third kappa shape index (κ3) is 8.81. The molecular weight excluding hydrogens is 538 g/mol. The number of aliphatic carboxylic acids is 1. The van der Waals surface area contributed by atoms with Crippen LogP contribution in [0.25, 0.3) is 10.9 Å². The van der Waals surface area contributed by atoms with Crippen LogP contribution in [-0.4, -0.2) is 63.1 Å². The molecule has 0 fully saturated rings. The summed E-state index contributed by atoms with van der Waals surface area (Å²) in [6.45, 7) is 7.43. The molecule has 0 aliphatic carbocycles. The minimum atomic E-state index is -1.29. The van der Waals surface area contributed by atoms with Gasteiger partial charge >= 0.3 is 5.97 Å². The lowest BCUT2D eigenvalue weighted by atomic mass is 9.99. The van der Waals surface area contributed by atoms with Crippen molar-refractivity contribution >= 4 is 34.6 Å². The maximum absolute atomic E-state index is 13.6. The van der Waals surface area contributed by atoms with E-state index >= 15 is 0 Å². The zero-order chi connectivity index (χ0) is 31.0. The van der Waals surface area contributed by atoms with Crippen LogP contribution in [0.1, 0.15) is 45.2 Å². The molecule has 0 aliphatic heterocycles. The largest absolute Gasteiger partial charge is 0.508 e. The van der Waals surface area contributed by atoms with Gasteiger partial charge in [0.1, 0.15) is 23.9 Å². The maximum atomic E-state index is 13.6. The maximum Gasteiger partial charge on any atom is 0.326 e. The van der Waals surface area contributed by atoms with Gasteiger partial charge in [-0.15, -0.1) is 0 Å². The van der Waals surface area contributed by atoms with Crippen LogP contribution in [0.2, 0.25) is 0 Å². The van der Waals surface area contributed by atoms with E-state index in [4.69, 9.17) is 5.73 Å². The van der Waals surface area contributed by atoms with Crippen LogP contribution < -0.4 is 21.7 Å². The monoisotopic (exact) mass is 579 g/mol. The van der Waals surface area contributed by atoms with Crippen molar-refractivity contribution in [3.8, 4) is 5.75 Å². The molecule has 0 spiro atoms. The molecule has 3 aromatic rings. The summed E-state index contributed by atoms with van der Waals surface area (Å²) >= 11 is 0. The number of aromatic amines is 1. The minimum Gasteiger partial charge on any atom is -0.508 e. The van der Waals surface area contributed by atoms with Crippen molar-refractivity contribution in [1.29, 1.82) is 0 Å². The molecule has 0 saturated carbocycles. The molecule has 3 rings (SSSR count). The molecule has 226 valence electrons. The number of carboxylic acids is 1. The normalized spacial score (nSPS) is 14.3. The highest BCUT2D eigenvalue weighted by Gasteiger charge is 2.32. The summed E-state index contributed by atoms with van der Waals surface area (Å²) in [4.78, 5) is 55.1. The predicted octanol–water partition coefficient (Wildman–Crippen LogP) is 2.23. The number of hydrogen-bond acceptors (Lipinski definition) is 6. The second-order valence-corrected chi connectivity index (χ2v) is 11.4. The molecule has 11 nitrogen and oxygen atoms in total. The van der Waals surface area contributed by atoms with E-state index in [-0.39, 0.29) is 30.4 Å². The number of phenolic OH excluding ortho intramolecular Hbond substituents is 1. The van der Waals surface area contributed by atoms with Crippen molar-refractivity contribution in [3.63, 3.8) is 0 Å². The van der Waals surface area contributed by atoms with E-state index in [1.54, 1.807) is 32.2 Å². The fraction of sp³-hybridized carbons (Fsp3) is 0.419. The van der Waals surface area contributed by atoms with Gasteiger partial charge in [-0.3, -0.25) is 14.4 Å². The van der Waals surface area contributed by atoms with Gasteiger partial charge in [-0.05, 0) is 47.6 Å². The number of fused-ring (bicyclic) bond motifs is 1. The van der Waals surface area contributed by atoms with Gasteiger partial charge < -0.3 is 36.9 Å². The quantitative estimate of drug-likeness (QED) is 0.152. The summed E-state index contributed by atoms with van der Waals surface area (Å²) in [5.74, 6) is -3.09. The zero-order valence-corrected chi connectivity index (χ0v) is 24.4. The number of nitrogens with two attached hydrogens (primary N) is 1. The number of amides is 3. The summed E-state index contributed by atoms with van der Waals surface area (Å²) < 4.78 is 0. The molecule has 2 aromatic carbocycles. The highest BCUT2D eigenvalue weighted by Crippen LogP contribution is 2.20. The molecule has 0 bridgehead atoms. The third-order valence-electron chi connectivity index (χ3n) is 7.03. The van der Waals surface area contributed by atoms with E-state index < -0.39 is 47.9 Å². The Bertz CT molecular complexity index is 1380. The summed E-state index contributed by atoms with van der Waals surface area (Å²) in [5.41, 5.74) is 8.23. The summed E-state index contributed by atoms with van der Waals surface area (Å²) in [5, 5.41) is 28.3. The Morgan fingerprint density at radius 3 is 2.10 bits per heavy atom. The molecule has 1 aromatic heterocycles. The standard InChI is InChI=1S/C31H41N5O6/c1-17(2)13-23(32)28(38)36-27(18(3)4)30(40)34-25(15-20-16-33-24-8-6-5-7-22(20)24)29(39)35-26(31(41)42)14-19-9-11-21(37)12-10-19/h5-12,16-18,23,25-27,33,37H,13-15,32H2,1-4H3,(H,34,40)(H,35,39)(H,36,38)(H,41,42). The smallest absolute Gasteiger partial charge is 0.326 e. The van der Waals surface area contributed by atoms with Gasteiger partial charge in [0.05, 0.1) is 6.04 Å². The lowest BCUT2D eigenvalue weighted by molar-refractivity contribution is -0.142. The van der Waals surface area contributed by atoms with Crippen molar-refractivity contribution in [2.75, 3.05) is 0 Å². The number of nitrogens with one attached hydrogen (secondary N) is 4. The molecule has 42 heavy (non-hydrogen) atoms. The average molecular weight is 580 g/mol. The topological polar surface area (TPSA) is 187 Å². The molecule has 4 unspecified atom stereocenters. The highest BCUT2D eigenvalue weighted by molar-refractivity contribution is 5.95. The summed E-state index contributed by atoms with van der Waals surface area (Å²) in [7, 11) is 0. The molecule has 0 radical (unpaired) electrons. The Hall–Kier alpha value is -4.38. The van der Waals surface area contributed by atoms with E-state index in [1.165, 1.54) is 12.1 Å². The number of carboxylic acid groups (broad SMARTS) is 1. The van der Waals surface area contributed by atoms with E-state index in [0.717, 1.165) is 16.5 Å². The van der Waals surface area contributed by atoms with Crippen molar-refractivity contribution in [2.24, 2.45) is 17.6 Å². The van der Waals surface area contributed by atoms with E-state index in [1.807, 2.05) is 38.1 Å². The molecule has 0 aliphatic rings. The number of aromatic hydroxyl groups is 1. The molecule has 1 heterocycles. The third-order valence-corrected chi connectivity index (χ3v) is 7.03. The van der Waals surface area contributed by atoms with Crippen LogP contribution in [0.5, 0.6) is 5.75 Å². The first kappa shape index (κ1) is 32.1. The SMILES string of the molecule is CC(C)CC(N)C(=O)NC(C(=O)NC(Cc1c[nH]c2ccccc12)C(=O)NC(Cc1ccc(O)cc1)C(=O)O)C(C)C. The summed E-state index contributed by atoms with van der Waals surface area (Å²) in [6, 6.07) is 9.30. The van der Waals surface area contributed by atoms with E-state index in [2.05, 4.69) is 20.9 Å². The number of carbonyl (C=O) groups excluding carboxylic acids is 3. The predicted molar refractivity (Wildman–Crippen MR) is 160 cm³/mol. The average Bonchev–Trinajstić information content (AvgIpc) is 3.33. The van der Waals surface area contributed by atoms with Gasteiger partial charge in [0.15, 0.2) is 0 Å². The molecule has 11 heteroatoms. The molecule has 3 amide bonds. The van der Waals surface area contributed by atoms with Crippen molar-refractivity contribution in [1.82, 2.24) is 20.9 Å². The first-order valence-electron chi connectivity index (χ1n) is 14.1. The van der Waals surface area contributed by atoms with Gasteiger partial charge in [0.2, 0.25) is 17.7 Å². The van der Waals surface area contributed by atoms with Gasteiger partial charge in [0, 0.05) is 29.9 Å². The number of phenols is 1. The molecule has 8 N–H and O–H groups in total. The molecular formula is C31H41N5O6. The van der Waals surface area contributed by atoms with Crippen LogP contribution in [0.4, 0.5) is 0 Å². The number of para-hydroxylation sites is 1. The lowest BCUT2D eigenvalue weighted by Gasteiger charge is -2.27. The number of rotatable bonds is 14. The molecule has 4 atom stereocenters. The fourth-order valence-corrected chi connectivity index (χ4v) is 4.74. The van der Waals surface area contributed by atoms with Crippen LogP contribution >= 0.6 is 0 Å². The van der Waals surface area contributed by atoms with Crippen molar-refractivity contribution in [2.45, 2.75) is 71.1 Å². The number of benzene rings is 2. The van der Waals surface area contributed by atoms with Crippen molar-refractivity contribution < 1.29 is 29.4 Å². The summed E-state index contributed by atoms with van der Waals surface area (Å²) in [6.07, 6.45) is 2.22. The minimum absolute atomic E-state index is 0.0342. The second-order valence-electron chi connectivity index (χ2n) is 11.4. The Labute approximate surface area is 245 Å². The number of H-pyrrole nitrogens is 1. The number of carbonyl (C=O) groups is 4. The van der Waals surface area contributed by atoms with Gasteiger partial charge in [-0.2, -0.15) is 0 Å². The zero-order valence-electron chi connectivity index (χ0n) is 24.4. The van der Waals surface area contributed by atoms with Crippen molar-refractivity contribution in [3.05, 3.63) is 65.9 Å². The Kier molecular flexibility index (Phi) is 11.1. The van der Waals surface area contributed by atoms with Gasteiger partial charge in [-0.25, -0.2) is 4.79 Å². The number of hydrogen-bond donors (Lipinski definition) is 7. The van der Waals surface area contributed by atoms with Crippen LogP contribution in [0.15, 0.2) is 54.7 Å². The Balaban J connectivity index is 1.85. The Morgan fingerprint density at radius 1 is 0.833 bits per heavy atom. The lowest BCUT2D eigenvalue weighted by Crippen LogP contribution is -2.59. The Morgan fingerprint density at radius 2 is 1.48 bits per heavy atom. The first-order chi connectivity index (χ1) is 19.8. The number of aromatic nitrogens is 1. The van der Waals surface area contributed by atoms with E-state index in [9.17, 15) is 29.4 Å². The van der Waals surface area contributed by atoms with Gasteiger partial charge in [0.25, 0.3) is 0 Å². The highest BCUT2D eigenvalue weighted by atomic mass is 16.4. The van der Waals surface area contributed by atoms with Crippen LogP contribution in [0, 0.1) is 11.8 Å². The van der Waals surface area contributed by atoms with Crippen LogP contribution in [0.3, 0.4) is 0 Å². The fourth-order valence-electron chi connectivity index (χ4n) is 4.74.